The van der Waals surface area contributed by atoms with E-state index in [1.807, 2.05) is 6.07 Å². The van der Waals surface area contributed by atoms with Crippen LogP contribution in [0.4, 0.5) is 8.78 Å². The minimum Gasteiger partial charge on any atom is -0.296 e. The molecular weight excluding hydrogens is 326 g/mol. The molecular formula is C16H17ClF2N2S. The van der Waals surface area contributed by atoms with Crippen LogP contribution in [0.3, 0.4) is 0 Å². The zero-order chi connectivity index (χ0) is 15.5. The van der Waals surface area contributed by atoms with Gasteiger partial charge in [0.25, 0.3) is 0 Å². The third kappa shape index (κ3) is 3.84. The summed E-state index contributed by atoms with van der Waals surface area (Å²) >= 11 is 7.55. The molecule has 2 nitrogen and oxygen atoms in total. The fraction of sp³-hybridized carbons (Fsp3) is 0.375. The Balaban J connectivity index is 1.52. The quantitative estimate of drug-likeness (QED) is 0.828. The van der Waals surface area contributed by atoms with E-state index in [9.17, 15) is 8.78 Å². The van der Waals surface area contributed by atoms with E-state index < -0.39 is 11.6 Å². The van der Waals surface area contributed by atoms with Crippen molar-refractivity contribution < 1.29 is 8.78 Å². The van der Waals surface area contributed by atoms with Crippen LogP contribution in [0.1, 0.15) is 10.4 Å². The van der Waals surface area contributed by atoms with E-state index in [-0.39, 0.29) is 0 Å². The fourth-order valence-electron chi connectivity index (χ4n) is 2.67. The third-order valence-electron chi connectivity index (χ3n) is 3.90. The maximum Gasteiger partial charge on any atom is 0.163 e. The van der Waals surface area contributed by atoms with Crippen LogP contribution in [-0.2, 0) is 13.1 Å². The summed E-state index contributed by atoms with van der Waals surface area (Å²) < 4.78 is 27.7. The predicted molar refractivity (Wildman–Crippen MR) is 86.2 cm³/mol. The molecule has 1 saturated heterocycles. The van der Waals surface area contributed by atoms with E-state index >= 15 is 0 Å². The van der Waals surface area contributed by atoms with Crippen molar-refractivity contribution in [2.75, 3.05) is 26.2 Å². The number of hydrogen-bond donors (Lipinski definition) is 0. The molecule has 1 aliphatic rings. The number of halogens is 3. The Morgan fingerprint density at radius 2 is 1.64 bits per heavy atom. The second kappa shape index (κ2) is 7.04. The molecule has 118 valence electrons. The third-order valence-corrected chi connectivity index (χ3v) is 5.11. The summed E-state index contributed by atoms with van der Waals surface area (Å²) in [6.07, 6.45) is 0. The largest absolute Gasteiger partial charge is 0.296 e. The topological polar surface area (TPSA) is 6.48 Å². The Kier molecular flexibility index (Phi) is 5.08. The zero-order valence-corrected chi connectivity index (χ0v) is 13.6. The molecule has 0 N–H and O–H groups in total. The Morgan fingerprint density at radius 3 is 2.27 bits per heavy atom. The Hall–Kier alpha value is -1.01. The smallest absolute Gasteiger partial charge is 0.163 e. The molecule has 2 heterocycles. The Morgan fingerprint density at radius 1 is 0.955 bits per heavy atom. The lowest BCUT2D eigenvalue weighted by atomic mass is 10.1. The van der Waals surface area contributed by atoms with Gasteiger partial charge < -0.3 is 0 Å². The molecule has 22 heavy (non-hydrogen) atoms. The van der Waals surface area contributed by atoms with Crippen LogP contribution in [0, 0.1) is 11.6 Å². The van der Waals surface area contributed by atoms with Crippen molar-refractivity contribution in [1.29, 1.82) is 0 Å². The van der Waals surface area contributed by atoms with Crippen molar-refractivity contribution in [1.82, 2.24) is 9.80 Å². The summed E-state index contributed by atoms with van der Waals surface area (Å²) in [5.74, 6) is -1.50. The summed E-state index contributed by atoms with van der Waals surface area (Å²) in [5.41, 5.74) is 0.429. The lowest BCUT2D eigenvalue weighted by Gasteiger charge is -2.34. The van der Waals surface area contributed by atoms with Gasteiger partial charge in [-0.1, -0.05) is 23.7 Å². The van der Waals surface area contributed by atoms with Crippen LogP contribution in [0.2, 0.25) is 4.34 Å². The highest BCUT2D eigenvalue weighted by molar-refractivity contribution is 7.16. The first-order valence-corrected chi connectivity index (χ1v) is 8.43. The molecule has 6 heteroatoms. The summed E-state index contributed by atoms with van der Waals surface area (Å²) in [6, 6.07) is 8.35. The summed E-state index contributed by atoms with van der Waals surface area (Å²) in [5, 5.41) is 0. The van der Waals surface area contributed by atoms with Gasteiger partial charge in [0, 0.05) is 49.7 Å². The minimum atomic E-state index is -0.772. The highest BCUT2D eigenvalue weighted by atomic mass is 35.5. The lowest BCUT2D eigenvalue weighted by molar-refractivity contribution is 0.121. The van der Waals surface area contributed by atoms with Gasteiger partial charge in [0.15, 0.2) is 11.6 Å². The summed E-state index contributed by atoms with van der Waals surface area (Å²) in [4.78, 5) is 5.78. The summed E-state index contributed by atoms with van der Waals surface area (Å²) in [7, 11) is 0. The molecule has 0 atom stereocenters. The number of benzene rings is 1. The molecule has 2 aromatic rings. The van der Waals surface area contributed by atoms with Gasteiger partial charge in [0.2, 0.25) is 0 Å². The van der Waals surface area contributed by atoms with Crippen LogP contribution >= 0.6 is 22.9 Å². The molecule has 0 radical (unpaired) electrons. The minimum absolute atomic E-state index is 0.429. The van der Waals surface area contributed by atoms with Gasteiger partial charge in [0.1, 0.15) is 0 Å². The van der Waals surface area contributed by atoms with E-state index in [1.165, 1.54) is 4.88 Å². The monoisotopic (exact) mass is 342 g/mol. The highest BCUT2D eigenvalue weighted by Crippen LogP contribution is 2.23. The van der Waals surface area contributed by atoms with Crippen molar-refractivity contribution in [3.05, 3.63) is 56.7 Å². The first-order chi connectivity index (χ1) is 10.6. The second-order valence-corrected chi connectivity index (χ2v) is 7.27. The van der Waals surface area contributed by atoms with Crippen LogP contribution in [0.25, 0.3) is 0 Å². The molecule has 1 fully saturated rings. The van der Waals surface area contributed by atoms with E-state index in [0.29, 0.717) is 12.1 Å². The summed E-state index contributed by atoms with van der Waals surface area (Å²) in [6.45, 7) is 4.92. The molecule has 1 aromatic carbocycles. The molecule has 3 rings (SSSR count). The number of nitrogens with zero attached hydrogens (tertiary/aromatic N) is 2. The van der Waals surface area contributed by atoms with E-state index in [2.05, 4.69) is 15.9 Å². The molecule has 1 aromatic heterocycles. The zero-order valence-electron chi connectivity index (χ0n) is 12.1. The van der Waals surface area contributed by atoms with Gasteiger partial charge in [-0.25, -0.2) is 8.78 Å². The standard InChI is InChI=1S/C16H17ClF2N2S/c17-15-5-4-13(22-15)11-21-8-6-20(7-9-21)10-12-2-1-3-14(18)16(12)19/h1-5H,6-11H2. The molecule has 0 spiro atoms. The Labute approximate surface area is 137 Å². The number of thiophene rings is 1. The highest BCUT2D eigenvalue weighted by Gasteiger charge is 2.19. The van der Waals surface area contributed by atoms with Crippen LogP contribution < -0.4 is 0 Å². The van der Waals surface area contributed by atoms with Gasteiger partial charge >= 0.3 is 0 Å². The molecule has 1 aliphatic heterocycles. The van der Waals surface area contributed by atoms with Crippen LogP contribution in [-0.4, -0.2) is 36.0 Å². The maximum absolute atomic E-state index is 13.7. The number of hydrogen-bond acceptors (Lipinski definition) is 3. The normalized spacial score (nSPS) is 17.0. The molecule has 0 unspecified atom stereocenters. The van der Waals surface area contributed by atoms with Crippen molar-refractivity contribution in [2.24, 2.45) is 0 Å². The fourth-order valence-corrected chi connectivity index (χ4v) is 3.80. The van der Waals surface area contributed by atoms with Crippen molar-refractivity contribution in [3.63, 3.8) is 0 Å². The van der Waals surface area contributed by atoms with E-state index in [1.54, 1.807) is 23.5 Å². The van der Waals surface area contributed by atoms with Gasteiger partial charge in [-0.05, 0) is 18.2 Å². The van der Waals surface area contributed by atoms with Gasteiger partial charge in [-0.2, -0.15) is 0 Å². The predicted octanol–water partition coefficient (Wildman–Crippen LogP) is 4.00. The second-order valence-electron chi connectivity index (χ2n) is 5.47. The van der Waals surface area contributed by atoms with Crippen LogP contribution in [0.15, 0.2) is 30.3 Å². The van der Waals surface area contributed by atoms with E-state index in [0.717, 1.165) is 43.1 Å². The van der Waals surface area contributed by atoms with Gasteiger partial charge in [0.05, 0.1) is 4.34 Å². The van der Waals surface area contributed by atoms with Gasteiger partial charge in [-0.15, -0.1) is 11.3 Å². The van der Waals surface area contributed by atoms with Crippen molar-refractivity contribution >= 4 is 22.9 Å². The SMILES string of the molecule is Fc1cccc(CN2CCN(Cc3ccc(Cl)s3)CC2)c1F. The Bertz CT molecular complexity index is 639. The molecule has 0 aliphatic carbocycles. The lowest BCUT2D eigenvalue weighted by Crippen LogP contribution is -2.45. The van der Waals surface area contributed by atoms with E-state index in [4.69, 9.17) is 11.6 Å². The van der Waals surface area contributed by atoms with Gasteiger partial charge in [-0.3, -0.25) is 9.80 Å². The van der Waals surface area contributed by atoms with Crippen molar-refractivity contribution in [3.8, 4) is 0 Å². The first kappa shape index (κ1) is 15.9. The number of piperazine rings is 1. The first-order valence-electron chi connectivity index (χ1n) is 7.23. The van der Waals surface area contributed by atoms with Crippen LogP contribution in [0.5, 0.6) is 0 Å². The average molecular weight is 343 g/mol. The number of rotatable bonds is 4. The molecule has 0 amide bonds. The molecule has 0 bridgehead atoms. The maximum atomic E-state index is 13.7. The van der Waals surface area contributed by atoms with Crippen molar-refractivity contribution in [2.45, 2.75) is 13.1 Å². The molecule has 0 saturated carbocycles. The average Bonchev–Trinajstić information content (AvgIpc) is 2.91.